The fraction of sp³-hybridized carbons (Fsp3) is 0.0147. The highest BCUT2D eigenvalue weighted by molar-refractivity contribution is 6.25. The van der Waals surface area contributed by atoms with Gasteiger partial charge in [-0.3, -0.25) is 0 Å². The van der Waals surface area contributed by atoms with E-state index in [4.69, 9.17) is 15.0 Å². The minimum atomic E-state index is -0.558. The Balaban J connectivity index is 0.997. The molecule has 330 valence electrons. The van der Waals surface area contributed by atoms with E-state index < -0.39 is 5.41 Å². The van der Waals surface area contributed by atoms with Gasteiger partial charge in [0, 0.05) is 16.7 Å². The highest BCUT2D eigenvalue weighted by Crippen LogP contribution is 2.58. The molecule has 0 radical (unpaired) electrons. The van der Waals surface area contributed by atoms with Gasteiger partial charge in [0.1, 0.15) is 0 Å². The van der Waals surface area contributed by atoms with Gasteiger partial charge < -0.3 is 0 Å². The van der Waals surface area contributed by atoms with E-state index in [0.29, 0.717) is 17.5 Å². The van der Waals surface area contributed by atoms with Crippen LogP contribution in [0.15, 0.2) is 261 Å². The third-order valence-corrected chi connectivity index (χ3v) is 14.8. The molecule has 71 heavy (non-hydrogen) atoms. The number of hydrogen-bond acceptors (Lipinski definition) is 3. The molecule has 12 aromatic carbocycles. The average molecular weight is 902 g/mol. The van der Waals surface area contributed by atoms with Gasteiger partial charge in [-0.2, -0.15) is 0 Å². The van der Waals surface area contributed by atoms with Crippen molar-refractivity contribution in [1.82, 2.24) is 15.0 Å². The standard InChI is InChI=1S/C68H43N3/c1-5-22-44(23-6-1)58-42-60-53-35-18-17-34-52(53)59(43-61(60)51-33-16-15-32-50(51)58)54-40-41-55(49-31-14-13-30-48(49)54)66-69-65(45-24-7-2-8-25-45)70-67(71-66)57-37-21-39-63-64(57)56-36-19-20-38-62(56)68(63,46-26-9-3-10-27-46)47-28-11-4-12-29-47/h1-43H. The van der Waals surface area contributed by atoms with Crippen molar-refractivity contribution < 1.29 is 0 Å². The lowest BCUT2D eigenvalue weighted by atomic mass is 9.67. The second-order valence-electron chi connectivity index (χ2n) is 18.5. The van der Waals surface area contributed by atoms with Crippen LogP contribution in [0.1, 0.15) is 22.3 Å². The van der Waals surface area contributed by atoms with Gasteiger partial charge in [-0.1, -0.05) is 243 Å². The number of nitrogens with zero attached hydrogens (tertiary/aromatic N) is 3. The van der Waals surface area contributed by atoms with Gasteiger partial charge in [-0.05, 0) is 117 Å². The molecule has 0 atom stereocenters. The average Bonchev–Trinajstić information content (AvgIpc) is 3.77. The van der Waals surface area contributed by atoms with Gasteiger partial charge in [-0.15, -0.1) is 0 Å². The third kappa shape index (κ3) is 6.33. The molecule has 0 unspecified atom stereocenters. The Morgan fingerprint density at radius 2 is 0.634 bits per heavy atom. The molecule has 0 aliphatic heterocycles. The number of hydrogen-bond donors (Lipinski definition) is 0. The molecule has 1 heterocycles. The lowest BCUT2D eigenvalue weighted by Gasteiger charge is -2.33. The molecule has 3 heteroatoms. The van der Waals surface area contributed by atoms with Gasteiger partial charge in [0.2, 0.25) is 0 Å². The predicted molar refractivity (Wildman–Crippen MR) is 294 cm³/mol. The summed E-state index contributed by atoms with van der Waals surface area (Å²) < 4.78 is 0. The van der Waals surface area contributed by atoms with Crippen LogP contribution in [0.3, 0.4) is 0 Å². The number of benzene rings is 12. The fourth-order valence-corrected chi connectivity index (χ4v) is 11.8. The third-order valence-electron chi connectivity index (χ3n) is 14.8. The Bertz CT molecular complexity index is 4170. The Hall–Kier alpha value is -9.31. The van der Waals surface area contributed by atoms with E-state index in [1.807, 2.05) is 18.2 Å². The highest BCUT2D eigenvalue weighted by atomic mass is 15.0. The largest absolute Gasteiger partial charge is 0.208 e. The molecule has 0 fully saturated rings. The van der Waals surface area contributed by atoms with Gasteiger partial charge in [0.25, 0.3) is 0 Å². The molecule has 0 spiro atoms. The summed E-state index contributed by atoms with van der Waals surface area (Å²) in [5, 5.41) is 9.60. The van der Waals surface area contributed by atoms with Crippen LogP contribution in [0, 0.1) is 0 Å². The summed E-state index contributed by atoms with van der Waals surface area (Å²) in [6.07, 6.45) is 0. The minimum Gasteiger partial charge on any atom is -0.208 e. The molecule has 3 nitrogen and oxygen atoms in total. The van der Waals surface area contributed by atoms with E-state index in [0.717, 1.165) is 38.6 Å². The van der Waals surface area contributed by atoms with E-state index in [1.54, 1.807) is 0 Å². The molecule has 14 rings (SSSR count). The summed E-state index contributed by atoms with van der Waals surface area (Å²) in [7, 11) is 0. The number of rotatable bonds is 7. The summed E-state index contributed by atoms with van der Waals surface area (Å²) in [5.74, 6) is 1.89. The highest BCUT2D eigenvalue weighted by Gasteiger charge is 2.47. The van der Waals surface area contributed by atoms with Crippen molar-refractivity contribution in [2.24, 2.45) is 0 Å². The van der Waals surface area contributed by atoms with Crippen molar-refractivity contribution >= 4 is 43.1 Å². The number of aromatic nitrogens is 3. The first-order valence-corrected chi connectivity index (χ1v) is 24.4. The molecule has 13 aromatic rings. The van der Waals surface area contributed by atoms with Crippen molar-refractivity contribution in [3.05, 3.63) is 283 Å². The van der Waals surface area contributed by atoms with Crippen molar-refractivity contribution in [3.63, 3.8) is 0 Å². The topological polar surface area (TPSA) is 38.7 Å². The molecular weight excluding hydrogens is 859 g/mol. The zero-order valence-electron chi connectivity index (χ0n) is 38.7. The van der Waals surface area contributed by atoms with Crippen LogP contribution in [0.2, 0.25) is 0 Å². The summed E-state index contributed by atoms with van der Waals surface area (Å²) >= 11 is 0. The molecule has 1 aromatic heterocycles. The molecule has 0 N–H and O–H groups in total. The lowest BCUT2D eigenvalue weighted by molar-refractivity contribution is 0.768. The van der Waals surface area contributed by atoms with Crippen molar-refractivity contribution in [3.8, 4) is 67.5 Å². The molecule has 0 amide bonds. The van der Waals surface area contributed by atoms with Gasteiger partial charge in [-0.25, -0.2) is 15.0 Å². The summed E-state index contributed by atoms with van der Waals surface area (Å²) in [6, 6.07) is 94.2. The van der Waals surface area contributed by atoms with E-state index in [-0.39, 0.29) is 0 Å². The molecule has 0 saturated heterocycles. The monoisotopic (exact) mass is 901 g/mol. The maximum Gasteiger partial charge on any atom is 0.164 e. The van der Waals surface area contributed by atoms with Crippen molar-refractivity contribution in [2.45, 2.75) is 5.41 Å². The maximum atomic E-state index is 5.53. The second kappa shape index (κ2) is 16.4. The van der Waals surface area contributed by atoms with Crippen LogP contribution in [0.5, 0.6) is 0 Å². The molecule has 1 aliphatic carbocycles. The van der Waals surface area contributed by atoms with Crippen LogP contribution >= 0.6 is 0 Å². The van der Waals surface area contributed by atoms with Gasteiger partial charge >= 0.3 is 0 Å². The number of fused-ring (bicyclic) bond motifs is 9. The lowest BCUT2D eigenvalue weighted by Crippen LogP contribution is -2.28. The molecular formula is C68H43N3. The zero-order valence-corrected chi connectivity index (χ0v) is 38.7. The molecule has 1 aliphatic rings. The first-order valence-electron chi connectivity index (χ1n) is 24.4. The SMILES string of the molecule is c1ccc(-c2nc(-c3cccc4c3-c3ccccc3C4(c3ccccc3)c3ccccc3)nc(-c3ccc(-c4cc5c6ccccc6c(-c6ccccc6)cc5c5ccccc45)c4ccccc34)n2)cc1. The minimum absolute atomic E-state index is 0.558. The van der Waals surface area contributed by atoms with Crippen LogP contribution in [0.4, 0.5) is 0 Å². The van der Waals surface area contributed by atoms with Crippen LogP contribution in [0.25, 0.3) is 111 Å². The predicted octanol–water partition coefficient (Wildman–Crippen LogP) is 17.2. The Morgan fingerprint density at radius 3 is 1.25 bits per heavy atom. The smallest absolute Gasteiger partial charge is 0.164 e. The van der Waals surface area contributed by atoms with Gasteiger partial charge in [0.05, 0.1) is 5.41 Å². The first-order chi connectivity index (χ1) is 35.2. The van der Waals surface area contributed by atoms with Crippen LogP contribution < -0.4 is 0 Å². The van der Waals surface area contributed by atoms with Crippen LogP contribution in [-0.4, -0.2) is 15.0 Å². The van der Waals surface area contributed by atoms with E-state index in [1.165, 1.54) is 76.8 Å². The zero-order chi connectivity index (χ0) is 46.9. The van der Waals surface area contributed by atoms with E-state index in [9.17, 15) is 0 Å². The van der Waals surface area contributed by atoms with Crippen molar-refractivity contribution in [1.29, 1.82) is 0 Å². The van der Waals surface area contributed by atoms with Crippen LogP contribution in [-0.2, 0) is 5.41 Å². The van der Waals surface area contributed by atoms with Gasteiger partial charge in [0.15, 0.2) is 17.5 Å². The Morgan fingerprint density at radius 1 is 0.225 bits per heavy atom. The van der Waals surface area contributed by atoms with Crippen molar-refractivity contribution in [2.75, 3.05) is 0 Å². The Labute approximate surface area is 412 Å². The molecule has 0 saturated carbocycles. The normalized spacial score (nSPS) is 12.6. The summed E-state index contributed by atoms with van der Waals surface area (Å²) in [5.41, 5.74) is 14.3. The van der Waals surface area contributed by atoms with E-state index in [2.05, 4.69) is 243 Å². The quantitative estimate of drug-likeness (QED) is 0.150. The second-order valence-corrected chi connectivity index (χ2v) is 18.5. The summed E-state index contributed by atoms with van der Waals surface area (Å²) in [6.45, 7) is 0. The summed E-state index contributed by atoms with van der Waals surface area (Å²) in [4.78, 5) is 16.3. The maximum absolute atomic E-state index is 5.53. The fourth-order valence-electron chi connectivity index (χ4n) is 11.8. The molecule has 0 bridgehead atoms. The Kier molecular flexibility index (Phi) is 9.43. The first kappa shape index (κ1) is 40.7. The van der Waals surface area contributed by atoms with E-state index >= 15 is 0 Å².